The lowest BCUT2D eigenvalue weighted by Gasteiger charge is -2.40. The molecule has 4 heteroatoms. The predicted molar refractivity (Wildman–Crippen MR) is 73.2 cm³/mol. The van der Waals surface area contributed by atoms with Crippen LogP contribution in [0.4, 0.5) is 4.39 Å². The van der Waals surface area contributed by atoms with Crippen LogP contribution < -0.4 is 5.73 Å². The monoisotopic (exact) mass is 270 g/mol. The standard InChI is InChI=1S/C14H20ClFN2/c1-2-7-18-8-3-4-13(17)14(18)11-6-5-10(16)9-12(11)15/h5-6,9,13-14H,2-4,7-8,17H2,1H3. The van der Waals surface area contributed by atoms with Gasteiger partial charge in [-0.25, -0.2) is 4.39 Å². The molecule has 0 radical (unpaired) electrons. The second kappa shape index (κ2) is 6.00. The Kier molecular flexibility index (Phi) is 4.60. The smallest absolute Gasteiger partial charge is 0.124 e. The van der Waals surface area contributed by atoms with Crippen LogP contribution in [-0.2, 0) is 0 Å². The van der Waals surface area contributed by atoms with Gasteiger partial charge in [0.25, 0.3) is 0 Å². The van der Waals surface area contributed by atoms with Crippen LogP contribution in [-0.4, -0.2) is 24.0 Å². The van der Waals surface area contributed by atoms with E-state index < -0.39 is 0 Å². The summed E-state index contributed by atoms with van der Waals surface area (Å²) < 4.78 is 13.1. The Morgan fingerprint density at radius 2 is 2.28 bits per heavy atom. The highest BCUT2D eigenvalue weighted by Gasteiger charge is 2.31. The molecule has 2 rings (SSSR count). The number of hydrogen-bond donors (Lipinski definition) is 1. The Bertz CT molecular complexity index is 409. The van der Waals surface area contributed by atoms with E-state index in [1.54, 1.807) is 6.07 Å². The SMILES string of the molecule is CCCN1CCCC(N)C1c1ccc(F)cc1Cl. The highest BCUT2D eigenvalue weighted by Crippen LogP contribution is 2.34. The lowest BCUT2D eigenvalue weighted by molar-refractivity contribution is 0.128. The first-order chi connectivity index (χ1) is 8.63. The van der Waals surface area contributed by atoms with E-state index in [0.29, 0.717) is 5.02 Å². The minimum Gasteiger partial charge on any atom is -0.326 e. The van der Waals surface area contributed by atoms with Crippen molar-refractivity contribution >= 4 is 11.6 Å². The van der Waals surface area contributed by atoms with Crippen molar-refractivity contribution in [2.24, 2.45) is 5.73 Å². The number of benzene rings is 1. The van der Waals surface area contributed by atoms with Crippen molar-refractivity contribution in [2.75, 3.05) is 13.1 Å². The third-order valence-corrected chi connectivity index (χ3v) is 3.90. The predicted octanol–water partition coefficient (Wildman–Crippen LogP) is 3.35. The molecule has 1 heterocycles. The van der Waals surface area contributed by atoms with Crippen LogP contribution in [0, 0.1) is 5.82 Å². The van der Waals surface area contributed by atoms with Gasteiger partial charge in [0.2, 0.25) is 0 Å². The van der Waals surface area contributed by atoms with Gasteiger partial charge in [0.15, 0.2) is 0 Å². The van der Waals surface area contributed by atoms with Crippen molar-refractivity contribution in [3.63, 3.8) is 0 Å². The summed E-state index contributed by atoms with van der Waals surface area (Å²) in [6.45, 7) is 4.20. The molecule has 0 saturated carbocycles. The van der Waals surface area contributed by atoms with E-state index in [2.05, 4.69) is 11.8 Å². The third-order valence-electron chi connectivity index (χ3n) is 3.57. The Hall–Kier alpha value is -0.640. The van der Waals surface area contributed by atoms with Gasteiger partial charge >= 0.3 is 0 Å². The zero-order valence-electron chi connectivity index (χ0n) is 10.7. The molecule has 2 unspecified atom stereocenters. The largest absolute Gasteiger partial charge is 0.326 e. The van der Waals surface area contributed by atoms with E-state index in [0.717, 1.165) is 37.9 Å². The third kappa shape index (κ3) is 2.85. The van der Waals surface area contributed by atoms with Crippen LogP contribution in [0.1, 0.15) is 37.8 Å². The molecule has 0 aliphatic carbocycles. The zero-order valence-corrected chi connectivity index (χ0v) is 11.5. The van der Waals surface area contributed by atoms with Gasteiger partial charge in [0, 0.05) is 11.1 Å². The molecule has 1 aliphatic heterocycles. The molecule has 0 aromatic heterocycles. The van der Waals surface area contributed by atoms with Crippen molar-refractivity contribution in [2.45, 2.75) is 38.3 Å². The van der Waals surface area contributed by atoms with Crippen LogP contribution in [0.5, 0.6) is 0 Å². The van der Waals surface area contributed by atoms with Crippen molar-refractivity contribution in [3.8, 4) is 0 Å². The Morgan fingerprint density at radius 1 is 1.50 bits per heavy atom. The number of halogens is 2. The Morgan fingerprint density at radius 3 is 2.94 bits per heavy atom. The van der Waals surface area contributed by atoms with E-state index in [4.69, 9.17) is 17.3 Å². The molecular weight excluding hydrogens is 251 g/mol. The number of piperidine rings is 1. The second-order valence-corrected chi connectivity index (χ2v) is 5.36. The summed E-state index contributed by atoms with van der Waals surface area (Å²) in [6.07, 6.45) is 3.21. The first-order valence-electron chi connectivity index (χ1n) is 6.58. The van der Waals surface area contributed by atoms with Crippen molar-refractivity contribution in [1.82, 2.24) is 4.90 Å². The molecule has 2 N–H and O–H groups in total. The average molecular weight is 271 g/mol. The summed E-state index contributed by atoms with van der Waals surface area (Å²) in [5.74, 6) is -0.296. The highest BCUT2D eigenvalue weighted by atomic mass is 35.5. The van der Waals surface area contributed by atoms with Crippen LogP contribution >= 0.6 is 11.6 Å². The molecule has 1 aliphatic rings. The van der Waals surface area contributed by atoms with Crippen LogP contribution in [0.3, 0.4) is 0 Å². The molecule has 0 bridgehead atoms. The molecule has 2 nitrogen and oxygen atoms in total. The van der Waals surface area contributed by atoms with E-state index in [9.17, 15) is 4.39 Å². The summed E-state index contributed by atoms with van der Waals surface area (Å²) in [6, 6.07) is 4.81. The molecule has 2 atom stereocenters. The van der Waals surface area contributed by atoms with E-state index in [1.807, 2.05) is 0 Å². The van der Waals surface area contributed by atoms with Crippen molar-refractivity contribution in [3.05, 3.63) is 34.6 Å². The maximum Gasteiger partial charge on any atom is 0.124 e. The zero-order chi connectivity index (χ0) is 13.1. The van der Waals surface area contributed by atoms with Crippen molar-refractivity contribution < 1.29 is 4.39 Å². The van der Waals surface area contributed by atoms with E-state index in [-0.39, 0.29) is 17.9 Å². The molecule has 1 aromatic carbocycles. The minimum atomic E-state index is -0.296. The maximum absolute atomic E-state index is 13.1. The average Bonchev–Trinajstić information content (AvgIpc) is 2.31. The maximum atomic E-state index is 13.1. The van der Waals surface area contributed by atoms with Gasteiger partial charge in [-0.15, -0.1) is 0 Å². The van der Waals surface area contributed by atoms with Gasteiger partial charge in [0.1, 0.15) is 5.82 Å². The van der Waals surface area contributed by atoms with Gasteiger partial charge < -0.3 is 5.73 Å². The number of hydrogen-bond acceptors (Lipinski definition) is 2. The number of nitrogens with two attached hydrogens (primary N) is 1. The summed E-state index contributed by atoms with van der Waals surface area (Å²) in [5.41, 5.74) is 7.20. The summed E-state index contributed by atoms with van der Waals surface area (Å²) in [7, 11) is 0. The Balaban J connectivity index is 2.31. The topological polar surface area (TPSA) is 29.3 Å². The van der Waals surface area contributed by atoms with Crippen LogP contribution in [0.25, 0.3) is 0 Å². The lowest BCUT2D eigenvalue weighted by atomic mass is 9.90. The van der Waals surface area contributed by atoms with E-state index >= 15 is 0 Å². The number of likely N-dealkylation sites (tertiary alicyclic amines) is 1. The van der Waals surface area contributed by atoms with Crippen LogP contribution in [0.15, 0.2) is 18.2 Å². The van der Waals surface area contributed by atoms with Gasteiger partial charge in [-0.05, 0) is 50.0 Å². The van der Waals surface area contributed by atoms with Crippen molar-refractivity contribution in [1.29, 1.82) is 0 Å². The summed E-state index contributed by atoms with van der Waals surface area (Å²) in [5, 5.41) is 0.485. The fourth-order valence-corrected chi connectivity index (χ4v) is 3.08. The fraction of sp³-hybridized carbons (Fsp3) is 0.571. The lowest BCUT2D eigenvalue weighted by Crippen LogP contribution is -2.46. The number of rotatable bonds is 3. The van der Waals surface area contributed by atoms with Gasteiger partial charge in [0.05, 0.1) is 6.04 Å². The van der Waals surface area contributed by atoms with Crippen LogP contribution in [0.2, 0.25) is 5.02 Å². The quantitative estimate of drug-likeness (QED) is 0.913. The first kappa shape index (κ1) is 13.8. The molecule has 1 aromatic rings. The van der Waals surface area contributed by atoms with E-state index in [1.165, 1.54) is 12.1 Å². The molecule has 1 saturated heterocycles. The molecule has 0 amide bonds. The molecule has 100 valence electrons. The molecule has 18 heavy (non-hydrogen) atoms. The molecular formula is C14H20ClFN2. The van der Waals surface area contributed by atoms with Gasteiger partial charge in [-0.3, -0.25) is 4.90 Å². The fourth-order valence-electron chi connectivity index (χ4n) is 2.80. The number of nitrogens with zero attached hydrogens (tertiary/aromatic N) is 1. The van der Waals surface area contributed by atoms with Gasteiger partial charge in [-0.1, -0.05) is 24.6 Å². The Labute approximate surface area is 113 Å². The first-order valence-corrected chi connectivity index (χ1v) is 6.96. The molecule has 1 fully saturated rings. The highest BCUT2D eigenvalue weighted by molar-refractivity contribution is 6.31. The molecule has 0 spiro atoms. The van der Waals surface area contributed by atoms with Gasteiger partial charge in [-0.2, -0.15) is 0 Å². The normalized spacial score (nSPS) is 25.3. The summed E-state index contributed by atoms with van der Waals surface area (Å²) >= 11 is 6.17. The minimum absolute atomic E-state index is 0.0771. The summed E-state index contributed by atoms with van der Waals surface area (Å²) in [4.78, 5) is 2.37. The second-order valence-electron chi connectivity index (χ2n) is 4.95.